The number of aliphatic hydroxyl groups is 1. The molecule has 2 heterocycles. The van der Waals surface area contributed by atoms with Crippen molar-refractivity contribution >= 4 is 34.7 Å². The molecule has 2 aromatic carbocycles. The van der Waals surface area contributed by atoms with Gasteiger partial charge in [-0.25, -0.2) is 0 Å². The molecule has 0 spiro atoms. The lowest BCUT2D eigenvalue weighted by Crippen LogP contribution is -2.29. The average Bonchev–Trinajstić information content (AvgIpc) is 3.29. The molecule has 1 aliphatic heterocycles. The Morgan fingerprint density at radius 2 is 1.81 bits per heavy atom. The van der Waals surface area contributed by atoms with Crippen molar-refractivity contribution in [2.45, 2.75) is 26.8 Å². The summed E-state index contributed by atoms with van der Waals surface area (Å²) in [5, 5.41) is 11.6. The first-order valence-electron chi connectivity index (χ1n) is 10.0. The Hall–Kier alpha value is -3.51. The monoisotopic (exact) mass is 451 g/mol. The summed E-state index contributed by atoms with van der Waals surface area (Å²) in [6.07, 6.45) is 0. The Kier molecular flexibility index (Phi) is 5.57. The standard InChI is InChI=1S/C25H22ClNO5/c1-13-11-16(24(31-4)17(26)12-13)22(28)20-21(19-10-9-15(3)32-19)27(25(30)23(20)29)18-8-6-5-7-14(18)2/h5-12,21,28H,1-4H3/b22-20+. The summed E-state index contributed by atoms with van der Waals surface area (Å²) in [6, 6.07) is 13.1. The van der Waals surface area contributed by atoms with Gasteiger partial charge in [0.1, 0.15) is 29.1 Å². The zero-order chi connectivity index (χ0) is 23.2. The number of methoxy groups -OCH3 is 1. The fraction of sp³-hybridized carbons (Fsp3) is 0.200. The van der Waals surface area contributed by atoms with E-state index in [-0.39, 0.29) is 27.7 Å². The summed E-state index contributed by atoms with van der Waals surface area (Å²) in [6.45, 7) is 5.43. The fourth-order valence-corrected chi connectivity index (χ4v) is 4.39. The van der Waals surface area contributed by atoms with E-state index in [0.29, 0.717) is 17.2 Å². The summed E-state index contributed by atoms with van der Waals surface area (Å²) in [5.74, 6) is -0.745. The minimum Gasteiger partial charge on any atom is -0.507 e. The van der Waals surface area contributed by atoms with Crippen LogP contribution in [0.25, 0.3) is 5.76 Å². The van der Waals surface area contributed by atoms with Gasteiger partial charge < -0.3 is 14.3 Å². The van der Waals surface area contributed by atoms with E-state index in [9.17, 15) is 14.7 Å². The van der Waals surface area contributed by atoms with Crippen LogP contribution < -0.4 is 9.64 Å². The third kappa shape index (κ3) is 3.46. The highest BCUT2D eigenvalue weighted by atomic mass is 35.5. The van der Waals surface area contributed by atoms with Crippen LogP contribution in [0, 0.1) is 20.8 Å². The number of rotatable bonds is 4. The van der Waals surface area contributed by atoms with Gasteiger partial charge in [0.15, 0.2) is 0 Å². The van der Waals surface area contributed by atoms with Gasteiger partial charge in [-0.2, -0.15) is 0 Å². The number of nitrogens with zero attached hydrogens (tertiary/aromatic N) is 1. The molecule has 1 atom stereocenters. The number of furan rings is 1. The van der Waals surface area contributed by atoms with Crippen molar-refractivity contribution in [3.63, 3.8) is 0 Å². The molecule has 4 rings (SSSR count). The summed E-state index contributed by atoms with van der Waals surface area (Å²) >= 11 is 6.31. The van der Waals surface area contributed by atoms with Crippen molar-refractivity contribution in [2.75, 3.05) is 12.0 Å². The summed E-state index contributed by atoms with van der Waals surface area (Å²) < 4.78 is 11.2. The summed E-state index contributed by atoms with van der Waals surface area (Å²) in [5.41, 5.74) is 2.26. The topological polar surface area (TPSA) is 80.0 Å². The van der Waals surface area contributed by atoms with E-state index in [1.165, 1.54) is 12.0 Å². The van der Waals surface area contributed by atoms with E-state index in [1.54, 1.807) is 50.2 Å². The molecular weight excluding hydrogens is 430 g/mol. The van der Waals surface area contributed by atoms with E-state index in [0.717, 1.165) is 11.1 Å². The fourth-order valence-electron chi connectivity index (χ4n) is 4.04. The highest BCUT2D eigenvalue weighted by Gasteiger charge is 2.49. The molecular formula is C25H22ClNO5. The normalized spacial score (nSPS) is 17.8. The minimum atomic E-state index is -0.950. The number of anilines is 1. The second kappa shape index (κ2) is 8.20. The number of amides is 1. The van der Waals surface area contributed by atoms with Gasteiger partial charge in [-0.15, -0.1) is 0 Å². The number of carbonyl (C=O) groups is 2. The second-order valence-corrected chi connectivity index (χ2v) is 8.14. The number of Topliss-reactive ketones (excluding diaryl/α,β-unsaturated/α-hetero) is 1. The van der Waals surface area contributed by atoms with E-state index in [2.05, 4.69) is 0 Å². The first-order chi connectivity index (χ1) is 15.2. The molecule has 1 unspecified atom stereocenters. The predicted molar refractivity (Wildman–Crippen MR) is 122 cm³/mol. The maximum Gasteiger partial charge on any atom is 0.300 e. The van der Waals surface area contributed by atoms with Gasteiger partial charge in [-0.05, 0) is 62.2 Å². The Labute approximate surface area is 190 Å². The summed E-state index contributed by atoms with van der Waals surface area (Å²) in [4.78, 5) is 27.8. The van der Waals surface area contributed by atoms with E-state index >= 15 is 0 Å². The van der Waals surface area contributed by atoms with E-state index in [4.69, 9.17) is 20.8 Å². The highest BCUT2D eigenvalue weighted by Crippen LogP contribution is 2.45. The van der Waals surface area contributed by atoms with Crippen LogP contribution in [0.5, 0.6) is 5.75 Å². The zero-order valence-electron chi connectivity index (χ0n) is 18.1. The average molecular weight is 452 g/mol. The lowest BCUT2D eigenvalue weighted by Gasteiger charge is -2.25. The van der Waals surface area contributed by atoms with Crippen LogP contribution >= 0.6 is 11.6 Å². The molecule has 7 heteroatoms. The largest absolute Gasteiger partial charge is 0.507 e. The third-order valence-corrected chi connectivity index (χ3v) is 5.78. The number of ketones is 1. The summed E-state index contributed by atoms with van der Waals surface area (Å²) in [7, 11) is 1.42. The maximum atomic E-state index is 13.3. The number of hydrogen-bond acceptors (Lipinski definition) is 5. The molecule has 1 saturated heterocycles. The van der Waals surface area contributed by atoms with Gasteiger partial charge in [0, 0.05) is 5.69 Å². The first kappa shape index (κ1) is 21.7. The van der Waals surface area contributed by atoms with Gasteiger partial charge >= 0.3 is 0 Å². The number of ether oxygens (including phenoxy) is 1. The van der Waals surface area contributed by atoms with E-state index < -0.39 is 17.7 Å². The molecule has 32 heavy (non-hydrogen) atoms. The van der Waals surface area contributed by atoms with Gasteiger partial charge in [-0.3, -0.25) is 14.5 Å². The van der Waals surface area contributed by atoms with Crippen molar-refractivity contribution < 1.29 is 23.8 Å². The SMILES string of the molecule is COc1c(Cl)cc(C)cc1/C(O)=C1\C(=O)C(=O)N(c2ccccc2C)C1c1ccc(C)o1. The van der Waals surface area contributed by atoms with Crippen LogP contribution in [0.3, 0.4) is 0 Å². The molecule has 0 saturated carbocycles. The Bertz CT molecular complexity index is 1270. The molecule has 6 nitrogen and oxygen atoms in total. The Morgan fingerprint density at radius 3 is 2.44 bits per heavy atom. The minimum absolute atomic E-state index is 0.0902. The van der Waals surface area contributed by atoms with Crippen LogP contribution in [-0.2, 0) is 9.59 Å². The predicted octanol–water partition coefficient (Wildman–Crippen LogP) is 5.49. The van der Waals surface area contributed by atoms with Gasteiger partial charge in [0.2, 0.25) is 0 Å². The van der Waals surface area contributed by atoms with E-state index in [1.807, 2.05) is 19.1 Å². The van der Waals surface area contributed by atoms with Crippen molar-refractivity contribution in [3.8, 4) is 5.75 Å². The van der Waals surface area contributed by atoms with Crippen LogP contribution in [0.15, 0.2) is 58.5 Å². The molecule has 0 bridgehead atoms. The lowest BCUT2D eigenvalue weighted by molar-refractivity contribution is -0.132. The molecule has 3 aromatic rings. The number of para-hydroxylation sites is 1. The molecule has 164 valence electrons. The number of aryl methyl sites for hydroxylation is 3. The number of halogens is 1. The van der Waals surface area contributed by atoms with Crippen LogP contribution in [-0.4, -0.2) is 23.9 Å². The van der Waals surface area contributed by atoms with Gasteiger partial charge in [-0.1, -0.05) is 29.8 Å². The zero-order valence-corrected chi connectivity index (χ0v) is 18.9. The van der Waals surface area contributed by atoms with Crippen LogP contribution in [0.4, 0.5) is 5.69 Å². The molecule has 0 aliphatic carbocycles. The van der Waals surface area contributed by atoms with Crippen LogP contribution in [0.2, 0.25) is 5.02 Å². The molecule has 1 amide bonds. The van der Waals surface area contributed by atoms with Crippen molar-refractivity contribution in [1.29, 1.82) is 0 Å². The number of benzene rings is 2. The number of carbonyl (C=O) groups excluding carboxylic acids is 2. The lowest BCUT2D eigenvalue weighted by atomic mass is 9.97. The Balaban J connectivity index is 2.02. The first-order valence-corrected chi connectivity index (χ1v) is 10.4. The highest BCUT2D eigenvalue weighted by molar-refractivity contribution is 6.51. The quantitative estimate of drug-likeness (QED) is 0.322. The third-order valence-electron chi connectivity index (χ3n) is 5.50. The maximum absolute atomic E-state index is 13.3. The molecule has 1 fully saturated rings. The second-order valence-electron chi connectivity index (χ2n) is 7.73. The number of hydrogen-bond donors (Lipinski definition) is 1. The number of aliphatic hydroxyl groups excluding tert-OH is 1. The van der Waals surface area contributed by atoms with Crippen molar-refractivity contribution in [3.05, 3.63) is 87.3 Å². The molecule has 1 N–H and O–H groups in total. The molecule has 1 aromatic heterocycles. The Morgan fingerprint density at radius 1 is 1.09 bits per heavy atom. The molecule has 1 aliphatic rings. The van der Waals surface area contributed by atoms with Crippen LogP contribution in [0.1, 0.15) is 34.3 Å². The van der Waals surface area contributed by atoms with Crippen molar-refractivity contribution in [1.82, 2.24) is 0 Å². The van der Waals surface area contributed by atoms with Crippen molar-refractivity contribution in [2.24, 2.45) is 0 Å². The van der Waals surface area contributed by atoms with Gasteiger partial charge in [0.05, 0.1) is 23.3 Å². The molecule has 0 radical (unpaired) electrons. The smallest absolute Gasteiger partial charge is 0.300 e. The van der Waals surface area contributed by atoms with Gasteiger partial charge in [0.25, 0.3) is 11.7 Å².